The largest absolute Gasteiger partial charge is 0.478 e. The summed E-state index contributed by atoms with van der Waals surface area (Å²) in [6.45, 7) is 2.95. The highest BCUT2D eigenvalue weighted by Gasteiger charge is 2.69. The summed E-state index contributed by atoms with van der Waals surface area (Å²) in [4.78, 5) is 10.2. The Labute approximate surface area is 97.7 Å². The predicted octanol–water partition coefficient (Wildman–Crippen LogP) is 2.65. The molecule has 18 heavy (non-hydrogen) atoms. The molecule has 0 aliphatic carbocycles. The van der Waals surface area contributed by atoms with Crippen LogP contribution in [0.3, 0.4) is 0 Å². The normalized spacial score (nSPS) is 13.5. The van der Waals surface area contributed by atoms with Gasteiger partial charge in [-0.25, -0.2) is 4.79 Å². The molecule has 0 unspecified atom stereocenters. The maximum absolute atomic E-state index is 12.2. The van der Waals surface area contributed by atoms with Crippen LogP contribution in [0.1, 0.15) is 19.3 Å². The summed E-state index contributed by atoms with van der Waals surface area (Å²) in [7, 11) is 0. The lowest BCUT2D eigenvalue weighted by atomic mass is 9.94. The number of carboxylic acids is 1. The van der Waals surface area contributed by atoms with Gasteiger partial charge in [-0.3, -0.25) is 0 Å². The van der Waals surface area contributed by atoms with Crippen LogP contribution in [-0.2, 0) is 4.79 Å². The van der Waals surface area contributed by atoms with E-state index in [2.05, 4.69) is 6.58 Å². The second-order valence-corrected chi connectivity index (χ2v) is 3.62. The highest BCUT2D eigenvalue weighted by Crippen LogP contribution is 2.46. The Morgan fingerprint density at radius 3 is 1.72 bits per heavy atom. The molecule has 106 valence electrons. The molecule has 0 aromatic rings. The van der Waals surface area contributed by atoms with Gasteiger partial charge in [-0.05, 0) is 19.3 Å². The molecule has 3 nitrogen and oxygen atoms in total. The molecule has 9 heteroatoms. The first-order valence-electron chi connectivity index (χ1n) is 4.60. The number of halogens is 6. The van der Waals surface area contributed by atoms with Crippen molar-refractivity contribution in [3.8, 4) is 0 Å². The fourth-order valence-electron chi connectivity index (χ4n) is 1.11. The Morgan fingerprint density at radius 2 is 1.44 bits per heavy atom. The first-order chi connectivity index (χ1) is 7.83. The molecule has 0 amide bonds. The van der Waals surface area contributed by atoms with Crippen LogP contribution in [0.25, 0.3) is 0 Å². The monoisotopic (exact) mass is 280 g/mol. The second kappa shape index (κ2) is 5.17. The smallest absolute Gasteiger partial charge is 0.426 e. The number of aliphatic carboxylic acids is 1. The van der Waals surface area contributed by atoms with Crippen molar-refractivity contribution in [1.82, 2.24) is 0 Å². The highest BCUT2D eigenvalue weighted by atomic mass is 19.4. The molecule has 0 spiro atoms. The van der Waals surface area contributed by atoms with Crippen molar-refractivity contribution < 1.29 is 41.4 Å². The topological polar surface area (TPSA) is 57.5 Å². The first-order valence-corrected chi connectivity index (χ1v) is 4.60. The molecule has 0 aliphatic heterocycles. The van der Waals surface area contributed by atoms with E-state index in [0.717, 1.165) is 0 Å². The van der Waals surface area contributed by atoms with Gasteiger partial charge >= 0.3 is 18.3 Å². The minimum atomic E-state index is -5.88. The predicted molar refractivity (Wildman–Crippen MR) is 47.7 cm³/mol. The van der Waals surface area contributed by atoms with Crippen LogP contribution >= 0.6 is 0 Å². The summed E-state index contributed by atoms with van der Waals surface area (Å²) in [6, 6.07) is 0. The van der Waals surface area contributed by atoms with Gasteiger partial charge in [-0.2, -0.15) is 26.3 Å². The summed E-state index contributed by atoms with van der Waals surface area (Å²) in [6.07, 6.45) is -14.8. The highest BCUT2D eigenvalue weighted by molar-refractivity contribution is 5.85. The van der Waals surface area contributed by atoms with Crippen LogP contribution < -0.4 is 0 Å². The van der Waals surface area contributed by atoms with E-state index in [9.17, 15) is 31.1 Å². The Morgan fingerprint density at radius 1 is 1.06 bits per heavy atom. The van der Waals surface area contributed by atoms with Crippen LogP contribution in [0.4, 0.5) is 26.3 Å². The van der Waals surface area contributed by atoms with Gasteiger partial charge in [-0.1, -0.05) is 6.58 Å². The lowest BCUT2D eigenvalue weighted by molar-refractivity contribution is -0.370. The maximum Gasteiger partial charge on any atom is 0.426 e. The van der Waals surface area contributed by atoms with Gasteiger partial charge < -0.3 is 10.2 Å². The van der Waals surface area contributed by atoms with E-state index < -0.39 is 48.8 Å². The summed E-state index contributed by atoms with van der Waals surface area (Å²) < 4.78 is 73.0. The number of alkyl halides is 6. The third-order valence-corrected chi connectivity index (χ3v) is 2.26. The van der Waals surface area contributed by atoms with Gasteiger partial charge in [-0.15, -0.1) is 0 Å². The summed E-state index contributed by atoms with van der Waals surface area (Å²) in [5.41, 5.74) is -5.36. The Hall–Kier alpha value is -1.25. The number of aliphatic hydroxyl groups is 1. The minimum absolute atomic E-state index is 0.526. The summed E-state index contributed by atoms with van der Waals surface area (Å²) in [5.74, 6) is -1.52. The SMILES string of the molecule is C=C(CCCC(O)(C(F)(F)F)C(F)(F)F)C(=O)O. The van der Waals surface area contributed by atoms with Crippen LogP contribution in [-0.4, -0.2) is 34.1 Å². The van der Waals surface area contributed by atoms with Crippen molar-refractivity contribution in [2.45, 2.75) is 37.2 Å². The van der Waals surface area contributed by atoms with E-state index in [1.165, 1.54) is 0 Å². The molecule has 0 rings (SSSR count). The van der Waals surface area contributed by atoms with Gasteiger partial charge in [0.1, 0.15) is 0 Å². The standard InChI is InChI=1S/C9H10F6O3/c1-5(6(16)17)3-2-4-7(18,8(10,11)12)9(13,14)15/h18H,1-4H2,(H,16,17). The van der Waals surface area contributed by atoms with Gasteiger partial charge in [0.2, 0.25) is 0 Å². The van der Waals surface area contributed by atoms with Crippen LogP contribution in [0, 0.1) is 0 Å². The van der Waals surface area contributed by atoms with Gasteiger partial charge in [0, 0.05) is 5.57 Å². The molecule has 0 saturated carbocycles. The summed E-state index contributed by atoms with van der Waals surface area (Å²) >= 11 is 0. The Kier molecular flexibility index (Phi) is 4.81. The number of carboxylic acid groups (broad SMARTS) is 1. The molecule has 0 heterocycles. The van der Waals surface area contributed by atoms with Crippen molar-refractivity contribution >= 4 is 5.97 Å². The van der Waals surface area contributed by atoms with E-state index in [1.807, 2.05) is 0 Å². The van der Waals surface area contributed by atoms with Crippen LogP contribution in [0.5, 0.6) is 0 Å². The molecule has 0 aromatic carbocycles. The zero-order valence-electron chi connectivity index (χ0n) is 8.90. The lowest BCUT2D eigenvalue weighted by Gasteiger charge is -2.32. The van der Waals surface area contributed by atoms with E-state index in [1.54, 1.807) is 0 Å². The number of carbonyl (C=O) groups is 1. The molecule has 0 fully saturated rings. The van der Waals surface area contributed by atoms with Gasteiger partial charge in [0.05, 0.1) is 0 Å². The lowest BCUT2D eigenvalue weighted by Crippen LogP contribution is -2.56. The van der Waals surface area contributed by atoms with Crippen LogP contribution in [0.2, 0.25) is 0 Å². The average molecular weight is 280 g/mol. The first kappa shape index (κ1) is 16.8. The fraction of sp³-hybridized carbons (Fsp3) is 0.667. The average Bonchev–Trinajstić information content (AvgIpc) is 2.13. The molecule has 2 N–H and O–H groups in total. The molecule has 0 aliphatic rings. The number of hydrogen-bond acceptors (Lipinski definition) is 2. The Bertz CT molecular complexity index is 316. The third kappa shape index (κ3) is 3.62. The Balaban J connectivity index is 4.77. The third-order valence-electron chi connectivity index (χ3n) is 2.26. The van der Waals surface area contributed by atoms with Crippen molar-refractivity contribution in [2.75, 3.05) is 0 Å². The molecular formula is C9H10F6O3. The molecule has 0 saturated heterocycles. The zero-order chi connectivity index (χ0) is 14.8. The molecule has 0 atom stereocenters. The fourth-order valence-corrected chi connectivity index (χ4v) is 1.11. The van der Waals surface area contributed by atoms with Crippen LogP contribution in [0.15, 0.2) is 12.2 Å². The minimum Gasteiger partial charge on any atom is -0.478 e. The van der Waals surface area contributed by atoms with E-state index in [4.69, 9.17) is 10.2 Å². The number of rotatable bonds is 5. The van der Waals surface area contributed by atoms with Crippen molar-refractivity contribution in [2.24, 2.45) is 0 Å². The van der Waals surface area contributed by atoms with Crippen molar-refractivity contribution in [3.05, 3.63) is 12.2 Å². The molecular weight excluding hydrogens is 270 g/mol. The van der Waals surface area contributed by atoms with Crippen molar-refractivity contribution in [1.29, 1.82) is 0 Å². The summed E-state index contributed by atoms with van der Waals surface area (Å²) in [5, 5.41) is 17.0. The van der Waals surface area contributed by atoms with Gasteiger partial charge in [0.15, 0.2) is 0 Å². The van der Waals surface area contributed by atoms with E-state index in [-0.39, 0.29) is 0 Å². The second-order valence-electron chi connectivity index (χ2n) is 3.62. The maximum atomic E-state index is 12.2. The number of hydrogen-bond donors (Lipinski definition) is 2. The van der Waals surface area contributed by atoms with E-state index in [0.29, 0.717) is 0 Å². The van der Waals surface area contributed by atoms with Gasteiger partial charge in [0.25, 0.3) is 5.60 Å². The zero-order valence-corrected chi connectivity index (χ0v) is 8.90. The molecule has 0 radical (unpaired) electrons. The molecule has 0 aromatic heterocycles. The quantitative estimate of drug-likeness (QED) is 0.601. The molecule has 0 bridgehead atoms. The van der Waals surface area contributed by atoms with E-state index >= 15 is 0 Å². The van der Waals surface area contributed by atoms with Crippen molar-refractivity contribution in [3.63, 3.8) is 0 Å².